The normalized spacial score (nSPS) is 24.4. The van der Waals surface area contributed by atoms with Crippen LogP contribution in [0.25, 0.3) is 0 Å². The van der Waals surface area contributed by atoms with Gasteiger partial charge in [-0.3, -0.25) is 4.90 Å². The molecule has 2 aliphatic heterocycles. The highest BCUT2D eigenvalue weighted by molar-refractivity contribution is 5.62. The predicted octanol–water partition coefficient (Wildman–Crippen LogP) is 3.65. The summed E-state index contributed by atoms with van der Waals surface area (Å²) in [6.07, 6.45) is 5.44. The van der Waals surface area contributed by atoms with E-state index in [1.807, 2.05) is 0 Å². The fourth-order valence-corrected chi connectivity index (χ4v) is 3.45. The average Bonchev–Trinajstić information content (AvgIpc) is 2.43. The molecule has 0 spiro atoms. The lowest BCUT2D eigenvalue weighted by atomic mass is 9.91. The molecule has 0 radical (unpaired) electrons. The van der Waals surface area contributed by atoms with Gasteiger partial charge in [-0.15, -0.1) is 0 Å². The van der Waals surface area contributed by atoms with Crippen LogP contribution >= 0.6 is 0 Å². The van der Waals surface area contributed by atoms with Crippen LogP contribution in [-0.4, -0.2) is 24.5 Å². The second kappa shape index (κ2) is 4.93. The summed E-state index contributed by atoms with van der Waals surface area (Å²) in [5, 5.41) is 3.61. The maximum atomic E-state index is 3.61. The molecule has 1 N–H and O–H groups in total. The van der Waals surface area contributed by atoms with Crippen molar-refractivity contribution in [3.05, 3.63) is 28.8 Å². The molecule has 0 aromatic heterocycles. The molecule has 2 aliphatic rings. The lowest BCUT2D eigenvalue weighted by molar-refractivity contribution is 0.156. The van der Waals surface area contributed by atoms with Crippen molar-refractivity contribution in [3.8, 4) is 0 Å². The summed E-state index contributed by atoms with van der Waals surface area (Å²) in [6.45, 7) is 8.16. The average molecular weight is 244 g/mol. The number of anilines is 1. The van der Waals surface area contributed by atoms with Crippen molar-refractivity contribution < 1.29 is 0 Å². The molecule has 0 bridgehead atoms. The third-order valence-corrected chi connectivity index (χ3v) is 4.68. The van der Waals surface area contributed by atoms with Crippen LogP contribution < -0.4 is 5.32 Å². The molecule has 0 aliphatic carbocycles. The molecular formula is C16H24N2. The first-order valence-electron chi connectivity index (χ1n) is 7.35. The van der Waals surface area contributed by atoms with Crippen LogP contribution in [0.4, 0.5) is 5.69 Å². The van der Waals surface area contributed by atoms with Gasteiger partial charge in [-0.2, -0.15) is 0 Å². The van der Waals surface area contributed by atoms with Gasteiger partial charge in [0.15, 0.2) is 0 Å². The first kappa shape index (κ1) is 12.0. The van der Waals surface area contributed by atoms with Gasteiger partial charge in [0.2, 0.25) is 0 Å². The van der Waals surface area contributed by atoms with E-state index in [1.165, 1.54) is 61.2 Å². The molecule has 1 atom stereocenters. The topological polar surface area (TPSA) is 15.3 Å². The zero-order valence-corrected chi connectivity index (χ0v) is 11.6. The molecule has 2 heterocycles. The van der Waals surface area contributed by atoms with E-state index in [2.05, 4.69) is 36.2 Å². The van der Waals surface area contributed by atoms with Crippen molar-refractivity contribution in [1.82, 2.24) is 4.90 Å². The van der Waals surface area contributed by atoms with Gasteiger partial charge >= 0.3 is 0 Å². The SMILES string of the molecule is Cc1ccc2c(c1C)NCCC2N1CCCCC1. The Morgan fingerprint density at radius 1 is 1.11 bits per heavy atom. The molecule has 2 nitrogen and oxygen atoms in total. The number of nitrogens with one attached hydrogen (secondary N) is 1. The quantitative estimate of drug-likeness (QED) is 0.811. The van der Waals surface area contributed by atoms with E-state index in [9.17, 15) is 0 Å². The third kappa shape index (κ3) is 2.03. The summed E-state index contributed by atoms with van der Waals surface area (Å²) in [6, 6.07) is 5.29. The van der Waals surface area contributed by atoms with Crippen LogP contribution in [0.5, 0.6) is 0 Å². The van der Waals surface area contributed by atoms with Crippen LogP contribution in [0.3, 0.4) is 0 Å². The number of nitrogens with zero attached hydrogens (tertiary/aromatic N) is 1. The first-order valence-corrected chi connectivity index (χ1v) is 7.35. The van der Waals surface area contributed by atoms with E-state index in [4.69, 9.17) is 0 Å². The second-order valence-corrected chi connectivity index (χ2v) is 5.80. The zero-order valence-electron chi connectivity index (χ0n) is 11.6. The summed E-state index contributed by atoms with van der Waals surface area (Å²) in [5.41, 5.74) is 5.79. The Morgan fingerprint density at radius 2 is 1.89 bits per heavy atom. The van der Waals surface area contributed by atoms with E-state index >= 15 is 0 Å². The van der Waals surface area contributed by atoms with Gasteiger partial charge in [-0.1, -0.05) is 18.6 Å². The van der Waals surface area contributed by atoms with E-state index < -0.39 is 0 Å². The van der Waals surface area contributed by atoms with Gasteiger partial charge in [-0.25, -0.2) is 0 Å². The maximum absolute atomic E-state index is 3.61. The molecule has 1 aromatic rings. The van der Waals surface area contributed by atoms with Crippen LogP contribution in [0, 0.1) is 13.8 Å². The fraction of sp³-hybridized carbons (Fsp3) is 0.625. The summed E-state index contributed by atoms with van der Waals surface area (Å²) in [5.74, 6) is 0. The van der Waals surface area contributed by atoms with E-state index in [-0.39, 0.29) is 0 Å². The van der Waals surface area contributed by atoms with Crippen molar-refractivity contribution in [2.75, 3.05) is 25.0 Å². The van der Waals surface area contributed by atoms with Crippen molar-refractivity contribution in [1.29, 1.82) is 0 Å². The summed E-state index contributed by atoms with van der Waals surface area (Å²) >= 11 is 0. The summed E-state index contributed by atoms with van der Waals surface area (Å²) in [7, 11) is 0. The first-order chi connectivity index (χ1) is 8.77. The number of benzene rings is 1. The molecule has 98 valence electrons. The van der Waals surface area contributed by atoms with E-state index in [1.54, 1.807) is 0 Å². The Morgan fingerprint density at radius 3 is 2.67 bits per heavy atom. The largest absolute Gasteiger partial charge is 0.384 e. The Bertz CT molecular complexity index is 433. The van der Waals surface area contributed by atoms with Gasteiger partial charge in [0.25, 0.3) is 0 Å². The van der Waals surface area contributed by atoms with Crippen LogP contribution in [0.2, 0.25) is 0 Å². The lowest BCUT2D eigenvalue weighted by Crippen LogP contribution is -2.37. The molecule has 1 aromatic carbocycles. The Hall–Kier alpha value is -1.02. The highest BCUT2D eigenvalue weighted by atomic mass is 15.2. The van der Waals surface area contributed by atoms with E-state index in [0.717, 1.165) is 6.54 Å². The molecule has 0 amide bonds. The number of rotatable bonds is 1. The van der Waals surface area contributed by atoms with Crippen molar-refractivity contribution in [2.45, 2.75) is 45.6 Å². The standard InChI is InChI=1S/C16H24N2/c1-12-6-7-14-15(18-10-4-3-5-11-18)8-9-17-16(14)13(12)2/h6-7,15,17H,3-5,8-11H2,1-2H3. The highest BCUT2D eigenvalue weighted by Crippen LogP contribution is 2.38. The third-order valence-electron chi connectivity index (χ3n) is 4.68. The number of hydrogen-bond donors (Lipinski definition) is 1. The zero-order chi connectivity index (χ0) is 12.5. The molecule has 1 saturated heterocycles. The summed E-state index contributed by atoms with van der Waals surface area (Å²) in [4.78, 5) is 2.71. The highest BCUT2D eigenvalue weighted by Gasteiger charge is 2.27. The second-order valence-electron chi connectivity index (χ2n) is 5.80. The lowest BCUT2D eigenvalue weighted by Gasteiger charge is -2.39. The Kier molecular flexibility index (Phi) is 3.29. The number of hydrogen-bond acceptors (Lipinski definition) is 2. The number of piperidine rings is 1. The molecule has 0 saturated carbocycles. The van der Waals surface area contributed by atoms with Crippen molar-refractivity contribution in [3.63, 3.8) is 0 Å². The van der Waals surface area contributed by atoms with Gasteiger partial charge < -0.3 is 5.32 Å². The monoisotopic (exact) mass is 244 g/mol. The fourth-order valence-electron chi connectivity index (χ4n) is 3.45. The molecular weight excluding hydrogens is 220 g/mol. The molecule has 3 rings (SSSR count). The smallest absolute Gasteiger partial charge is 0.0421 e. The van der Waals surface area contributed by atoms with Gasteiger partial charge in [-0.05, 0) is 62.9 Å². The Balaban J connectivity index is 1.94. The maximum Gasteiger partial charge on any atom is 0.0421 e. The number of likely N-dealkylation sites (tertiary alicyclic amines) is 1. The van der Waals surface area contributed by atoms with E-state index in [0.29, 0.717) is 6.04 Å². The van der Waals surface area contributed by atoms with Crippen molar-refractivity contribution >= 4 is 5.69 Å². The number of fused-ring (bicyclic) bond motifs is 1. The van der Waals surface area contributed by atoms with Crippen LogP contribution in [-0.2, 0) is 0 Å². The number of aryl methyl sites for hydroxylation is 1. The van der Waals surface area contributed by atoms with Gasteiger partial charge in [0.1, 0.15) is 0 Å². The molecule has 1 fully saturated rings. The minimum atomic E-state index is 0.654. The molecule has 18 heavy (non-hydrogen) atoms. The minimum absolute atomic E-state index is 0.654. The van der Waals surface area contributed by atoms with Crippen LogP contribution in [0.1, 0.15) is 48.4 Å². The van der Waals surface area contributed by atoms with Crippen molar-refractivity contribution in [2.24, 2.45) is 0 Å². The summed E-state index contributed by atoms with van der Waals surface area (Å²) < 4.78 is 0. The van der Waals surface area contributed by atoms with Crippen LogP contribution in [0.15, 0.2) is 12.1 Å². The molecule has 1 unspecified atom stereocenters. The minimum Gasteiger partial charge on any atom is -0.384 e. The predicted molar refractivity (Wildman–Crippen MR) is 77.2 cm³/mol. The molecule has 2 heteroatoms. The Labute approximate surface area is 110 Å². The van der Waals surface area contributed by atoms with Gasteiger partial charge in [0, 0.05) is 18.3 Å². The van der Waals surface area contributed by atoms with Gasteiger partial charge in [0.05, 0.1) is 0 Å².